The van der Waals surface area contributed by atoms with Crippen molar-refractivity contribution in [1.82, 2.24) is 25.3 Å². The smallest absolute Gasteiger partial charge is 0.257 e. The van der Waals surface area contributed by atoms with Gasteiger partial charge in [0.15, 0.2) is 5.82 Å². The second-order valence-corrected chi connectivity index (χ2v) is 6.27. The Morgan fingerprint density at radius 1 is 1.27 bits per heavy atom. The Bertz CT molecular complexity index is 765. The number of aryl methyl sites for hydroxylation is 1. The van der Waals surface area contributed by atoms with Gasteiger partial charge < -0.3 is 4.52 Å². The molecular weight excluding hydrogens is 298 g/mol. The molecule has 0 saturated heterocycles. The van der Waals surface area contributed by atoms with Gasteiger partial charge in [0, 0.05) is 11.5 Å². The molecule has 0 unspecified atom stereocenters. The van der Waals surface area contributed by atoms with Crippen LogP contribution in [0.5, 0.6) is 0 Å². The monoisotopic (exact) mass is 315 g/mol. The first-order chi connectivity index (χ1) is 10.6. The van der Waals surface area contributed by atoms with Crippen LogP contribution in [0.4, 0.5) is 0 Å². The Morgan fingerprint density at radius 3 is 2.86 bits per heavy atom. The average molecular weight is 315 g/mol. The molecule has 0 bridgehead atoms. The molecule has 7 heteroatoms. The highest BCUT2D eigenvalue weighted by molar-refractivity contribution is 7.98. The topological polar surface area (TPSA) is 80.5 Å². The summed E-state index contributed by atoms with van der Waals surface area (Å²) in [6.45, 7) is 6.18. The van der Waals surface area contributed by atoms with E-state index in [1.54, 1.807) is 0 Å². The molecule has 114 valence electrons. The summed E-state index contributed by atoms with van der Waals surface area (Å²) in [6, 6.07) is 7.99. The molecule has 6 nitrogen and oxygen atoms in total. The fourth-order valence-electron chi connectivity index (χ4n) is 1.92. The number of aromatic nitrogens is 5. The zero-order valence-corrected chi connectivity index (χ0v) is 13.5. The Kier molecular flexibility index (Phi) is 4.24. The zero-order valence-electron chi connectivity index (χ0n) is 12.7. The van der Waals surface area contributed by atoms with Gasteiger partial charge in [-0.15, -0.1) is 5.10 Å². The fraction of sp³-hybridized carbons (Fsp3) is 0.333. The maximum Gasteiger partial charge on any atom is 0.257 e. The second-order valence-electron chi connectivity index (χ2n) is 5.33. The van der Waals surface area contributed by atoms with Crippen molar-refractivity contribution in [2.24, 2.45) is 0 Å². The van der Waals surface area contributed by atoms with Gasteiger partial charge in [-0.1, -0.05) is 48.5 Å². The fourth-order valence-corrected chi connectivity index (χ4v) is 2.57. The predicted octanol–water partition coefficient (Wildman–Crippen LogP) is 3.58. The number of nitrogens with zero attached hydrogens (tertiary/aromatic N) is 4. The van der Waals surface area contributed by atoms with Crippen molar-refractivity contribution in [3.05, 3.63) is 41.5 Å². The van der Waals surface area contributed by atoms with Crippen LogP contribution in [0.15, 0.2) is 33.9 Å². The van der Waals surface area contributed by atoms with E-state index in [-0.39, 0.29) is 0 Å². The van der Waals surface area contributed by atoms with Gasteiger partial charge in [-0.2, -0.15) is 4.98 Å². The van der Waals surface area contributed by atoms with E-state index in [1.807, 2.05) is 31.2 Å². The molecule has 0 aliphatic heterocycles. The summed E-state index contributed by atoms with van der Waals surface area (Å²) in [6.07, 6.45) is 0. The van der Waals surface area contributed by atoms with E-state index in [2.05, 4.69) is 39.2 Å². The van der Waals surface area contributed by atoms with E-state index < -0.39 is 0 Å². The van der Waals surface area contributed by atoms with Gasteiger partial charge in [-0.05, 0) is 19.1 Å². The number of aromatic amines is 1. The lowest BCUT2D eigenvalue weighted by Crippen LogP contribution is -1.89. The number of hydrogen-bond donors (Lipinski definition) is 1. The van der Waals surface area contributed by atoms with Gasteiger partial charge in [0.2, 0.25) is 5.16 Å². The predicted molar refractivity (Wildman–Crippen MR) is 84.5 cm³/mol. The lowest BCUT2D eigenvalue weighted by Gasteiger charge is -1.95. The third-order valence-corrected chi connectivity index (χ3v) is 3.94. The summed E-state index contributed by atoms with van der Waals surface area (Å²) in [4.78, 5) is 8.83. The summed E-state index contributed by atoms with van der Waals surface area (Å²) in [5.41, 5.74) is 2.09. The zero-order chi connectivity index (χ0) is 15.5. The number of thioether (sulfide) groups is 1. The van der Waals surface area contributed by atoms with Crippen LogP contribution in [-0.2, 0) is 5.75 Å². The molecule has 3 rings (SSSR count). The average Bonchev–Trinajstić information content (AvgIpc) is 3.14. The Morgan fingerprint density at radius 2 is 2.14 bits per heavy atom. The summed E-state index contributed by atoms with van der Waals surface area (Å²) in [5, 5.41) is 11.8. The SMILES string of the molecule is Cc1cccc(-c2nc(CSc3n[nH]c(C(C)C)n3)no2)c1. The van der Waals surface area contributed by atoms with Crippen molar-refractivity contribution in [3.63, 3.8) is 0 Å². The van der Waals surface area contributed by atoms with Gasteiger partial charge in [0.1, 0.15) is 5.82 Å². The molecule has 2 heterocycles. The van der Waals surface area contributed by atoms with Crippen LogP contribution in [0.2, 0.25) is 0 Å². The second kappa shape index (κ2) is 6.31. The van der Waals surface area contributed by atoms with Crippen LogP contribution < -0.4 is 0 Å². The van der Waals surface area contributed by atoms with Crippen LogP contribution >= 0.6 is 11.8 Å². The van der Waals surface area contributed by atoms with E-state index in [9.17, 15) is 0 Å². The molecule has 22 heavy (non-hydrogen) atoms. The van der Waals surface area contributed by atoms with E-state index in [0.717, 1.165) is 17.0 Å². The van der Waals surface area contributed by atoms with Gasteiger partial charge in [-0.3, -0.25) is 5.10 Å². The van der Waals surface area contributed by atoms with Crippen molar-refractivity contribution in [2.75, 3.05) is 0 Å². The molecule has 0 atom stereocenters. The lowest BCUT2D eigenvalue weighted by atomic mass is 10.1. The largest absolute Gasteiger partial charge is 0.334 e. The van der Waals surface area contributed by atoms with E-state index in [0.29, 0.717) is 28.5 Å². The van der Waals surface area contributed by atoms with Crippen molar-refractivity contribution in [1.29, 1.82) is 0 Å². The Balaban J connectivity index is 1.66. The molecule has 0 aliphatic rings. The van der Waals surface area contributed by atoms with Crippen molar-refractivity contribution in [2.45, 2.75) is 37.6 Å². The van der Waals surface area contributed by atoms with E-state index >= 15 is 0 Å². The molecule has 0 radical (unpaired) electrons. The molecule has 0 spiro atoms. The van der Waals surface area contributed by atoms with E-state index in [4.69, 9.17) is 4.52 Å². The Hall–Kier alpha value is -2.15. The summed E-state index contributed by atoms with van der Waals surface area (Å²) in [5.74, 6) is 2.97. The molecular formula is C15H17N5OS. The van der Waals surface area contributed by atoms with Gasteiger partial charge in [-0.25, -0.2) is 4.98 Å². The van der Waals surface area contributed by atoms with Gasteiger partial charge in [0.05, 0.1) is 5.75 Å². The number of benzene rings is 1. The van der Waals surface area contributed by atoms with Crippen LogP contribution in [0.25, 0.3) is 11.5 Å². The van der Waals surface area contributed by atoms with Gasteiger partial charge >= 0.3 is 0 Å². The summed E-state index contributed by atoms with van der Waals surface area (Å²) < 4.78 is 5.31. The third-order valence-electron chi connectivity index (χ3n) is 3.09. The highest BCUT2D eigenvalue weighted by Gasteiger charge is 2.12. The maximum absolute atomic E-state index is 5.31. The molecule has 3 aromatic rings. The first-order valence-electron chi connectivity index (χ1n) is 7.06. The quantitative estimate of drug-likeness (QED) is 0.725. The number of H-pyrrole nitrogens is 1. The molecule has 0 saturated carbocycles. The highest BCUT2D eigenvalue weighted by Crippen LogP contribution is 2.22. The summed E-state index contributed by atoms with van der Waals surface area (Å²) >= 11 is 1.48. The number of rotatable bonds is 5. The molecule has 1 aromatic carbocycles. The molecule has 0 aliphatic carbocycles. The summed E-state index contributed by atoms with van der Waals surface area (Å²) in [7, 11) is 0. The third kappa shape index (κ3) is 3.36. The van der Waals surface area contributed by atoms with Crippen LogP contribution in [0.1, 0.15) is 37.0 Å². The van der Waals surface area contributed by atoms with Crippen LogP contribution in [-0.4, -0.2) is 25.3 Å². The normalized spacial score (nSPS) is 11.3. The number of hydrogen-bond acceptors (Lipinski definition) is 6. The molecule has 0 amide bonds. The molecule has 2 aromatic heterocycles. The van der Waals surface area contributed by atoms with Crippen molar-refractivity contribution < 1.29 is 4.52 Å². The first-order valence-corrected chi connectivity index (χ1v) is 8.05. The van der Waals surface area contributed by atoms with Gasteiger partial charge in [0.25, 0.3) is 5.89 Å². The minimum atomic E-state index is 0.333. The molecule has 0 fully saturated rings. The highest BCUT2D eigenvalue weighted by atomic mass is 32.2. The minimum absolute atomic E-state index is 0.333. The standard InChI is InChI=1S/C15H17N5OS/c1-9(2)13-17-15(19-18-13)22-8-12-16-14(21-20-12)11-6-4-5-10(3)7-11/h4-7,9H,8H2,1-3H3,(H,17,18,19). The van der Waals surface area contributed by atoms with Crippen molar-refractivity contribution in [3.8, 4) is 11.5 Å². The first kappa shape index (κ1) is 14.8. The minimum Gasteiger partial charge on any atom is -0.334 e. The lowest BCUT2D eigenvalue weighted by molar-refractivity contribution is 0.425. The maximum atomic E-state index is 5.31. The molecule has 1 N–H and O–H groups in total. The van der Waals surface area contributed by atoms with Crippen LogP contribution in [0, 0.1) is 6.92 Å². The van der Waals surface area contributed by atoms with Crippen molar-refractivity contribution >= 4 is 11.8 Å². The van der Waals surface area contributed by atoms with Crippen LogP contribution in [0.3, 0.4) is 0 Å². The number of nitrogens with one attached hydrogen (secondary N) is 1. The Labute approximate surface area is 132 Å². The van der Waals surface area contributed by atoms with E-state index in [1.165, 1.54) is 11.8 Å².